The second-order valence-corrected chi connectivity index (χ2v) is 19.8. The summed E-state index contributed by atoms with van der Waals surface area (Å²) in [4.78, 5) is 109. The molecule has 0 aliphatic carbocycles. The van der Waals surface area contributed by atoms with Crippen molar-refractivity contribution in [3.63, 3.8) is 0 Å². The predicted octanol–water partition coefficient (Wildman–Crippen LogP) is 2.38. The van der Waals surface area contributed by atoms with Crippen LogP contribution < -0.4 is 40.8 Å². The standard InChI is InChI=1S/C48H52ClN11O9/c1-50-39(62)22-69-37-17-29-16-30(18-36-40(29)59(46(37)67)14-15-68-36)52-41-34(49)20-51-47(54-41)57-12-8-28(9-13-57)43(64)56-10-6-27(7-11-56)21-55-23-48(24-55)25-58(26-48)31-2-3-32-33(19-31)45(66)60(44(32)65)35-4-5-38(61)53-42(35)63/h2-3,16-20,27-28,35H,4-15,21-26H2,1H3,(H,50,62)(H,51,52,54)(H,53,61,63). The molecule has 2 aromatic carbocycles. The molecule has 0 bridgehead atoms. The average molecular weight is 962 g/mol. The number of nitrogens with zero attached hydrogens (tertiary/aromatic N) is 8. The molecule has 360 valence electrons. The summed E-state index contributed by atoms with van der Waals surface area (Å²) in [5.41, 5.74) is 2.59. The molecule has 69 heavy (non-hydrogen) atoms. The molecule has 9 heterocycles. The zero-order valence-corrected chi connectivity index (χ0v) is 38.9. The van der Waals surface area contributed by atoms with E-state index in [9.17, 15) is 33.6 Å². The highest BCUT2D eigenvalue weighted by Gasteiger charge is 2.52. The number of halogens is 1. The van der Waals surface area contributed by atoms with Gasteiger partial charge in [-0.1, -0.05) is 11.6 Å². The highest BCUT2D eigenvalue weighted by Crippen LogP contribution is 2.44. The number of hydrogen-bond donors (Lipinski definition) is 3. The molecule has 0 radical (unpaired) electrons. The number of piperidine rings is 3. The lowest BCUT2D eigenvalue weighted by molar-refractivity contribution is -0.138. The molecule has 5 fully saturated rings. The molecule has 0 saturated carbocycles. The lowest BCUT2D eigenvalue weighted by atomic mass is 9.72. The smallest absolute Gasteiger partial charge is 0.293 e. The highest BCUT2D eigenvalue weighted by atomic mass is 35.5. The molecule has 2 aromatic heterocycles. The molecule has 11 rings (SSSR count). The second kappa shape index (κ2) is 17.6. The van der Waals surface area contributed by atoms with Gasteiger partial charge in [-0.05, 0) is 68.4 Å². The van der Waals surface area contributed by atoms with Gasteiger partial charge in [0, 0.05) is 107 Å². The van der Waals surface area contributed by atoms with E-state index in [1.165, 1.54) is 7.05 Å². The fourth-order valence-corrected chi connectivity index (χ4v) is 11.4. The van der Waals surface area contributed by atoms with Gasteiger partial charge in [-0.25, -0.2) is 4.98 Å². The molecule has 21 heteroatoms. The summed E-state index contributed by atoms with van der Waals surface area (Å²) in [6.45, 7) is 7.87. The Morgan fingerprint density at radius 3 is 2.42 bits per heavy atom. The Labute approximate surface area is 401 Å². The van der Waals surface area contributed by atoms with Gasteiger partial charge in [-0.15, -0.1) is 0 Å². The molecule has 3 N–H and O–H groups in total. The van der Waals surface area contributed by atoms with Gasteiger partial charge >= 0.3 is 0 Å². The number of hydrogen-bond acceptors (Lipinski definition) is 15. The van der Waals surface area contributed by atoms with Crippen LogP contribution in [0.3, 0.4) is 0 Å². The van der Waals surface area contributed by atoms with Crippen LogP contribution in [-0.4, -0.2) is 150 Å². The fourth-order valence-electron chi connectivity index (χ4n) is 11.3. The summed E-state index contributed by atoms with van der Waals surface area (Å²) in [6, 6.07) is 9.57. The average Bonchev–Trinajstić information content (AvgIpc) is 3.57. The number of aromatic nitrogens is 3. The molecule has 4 aromatic rings. The number of anilines is 4. The number of amides is 6. The molecule has 7 aliphatic rings. The molecule has 20 nitrogen and oxygen atoms in total. The van der Waals surface area contributed by atoms with Gasteiger partial charge < -0.3 is 39.7 Å². The van der Waals surface area contributed by atoms with E-state index in [2.05, 4.69) is 40.5 Å². The Bertz CT molecular complexity index is 2880. The largest absolute Gasteiger partial charge is 0.489 e. The van der Waals surface area contributed by atoms with Crippen LogP contribution in [0.2, 0.25) is 5.02 Å². The highest BCUT2D eigenvalue weighted by molar-refractivity contribution is 6.33. The van der Waals surface area contributed by atoms with Crippen molar-refractivity contribution in [1.29, 1.82) is 0 Å². The van der Waals surface area contributed by atoms with Crippen molar-refractivity contribution in [3.8, 4) is 11.5 Å². The van der Waals surface area contributed by atoms with Crippen LogP contribution in [0.1, 0.15) is 59.2 Å². The first-order valence-corrected chi connectivity index (χ1v) is 24.1. The Hall–Kier alpha value is -6.80. The monoisotopic (exact) mass is 961 g/mol. The van der Waals surface area contributed by atoms with Crippen LogP contribution in [0.25, 0.3) is 10.9 Å². The number of imide groups is 2. The maximum Gasteiger partial charge on any atom is 0.293 e. The number of pyridine rings is 1. The van der Waals surface area contributed by atoms with E-state index in [1.807, 2.05) is 12.1 Å². The summed E-state index contributed by atoms with van der Waals surface area (Å²) in [5.74, 6) is -0.187. The number of ether oxygens (including phenoxy) is 2. The number of likely N-dealkylation sites (tertiary alicyclic amines) is 2. The summed E-state index contributed by atoms with van der Waals surface area (Å²) >= 11 is 6.61. The van der Waals surface area contributed by atoms with Gasteiger partial charge in [0.1, 0.15) is 23.4 Å². The van der Waals surface area contributed by atoms with E-state index in [1.54, 1.807) is 35.0 Å². The number of benzene rings is 2. The minimum Gasteiger partial charge on any atom is -0.489 e. The van der Waals surface area contributed by atoms with Crippen molar-refractivity contribution in [3.05, 3.63) is 69.1 Å². The topological polar surface area (TPSA) is 221 Å². The van der Waals surface area contributed by atoms with E-state index in [4.69, 9.17) is 26.1 Å². The normalized spacial score (nSPS) is 21.4. The summed E-state index contributed by atoms with van der Waals surface area (Å²) in [6.07, 6.45) is 5.11. The van der Waals surface area contributed by atoms with Crippen molar-refractivity contribution in [2.24, 2.45) is 17.3 Å². The quantitative estimate of drug-likeness (QED) is 0.184. The fraction of sp³-hybridized carbons (Fsp3) is 0.479. The van der Waals surface area contributed by atoms with Crippen LogP contribution in [0, 0.1) is 17.3 Å². The molecule has 1 unspecified atom stereocenters. The number of carbonyl (C=O) groups excluding carboxylic acids is 6. The van der Waals surface area contributed by atoms with Crippen molar-refractivity contribution in [2.45, 2.75) is 51.1 Å². The number of nitrogens with one attached hydrogen (secondary N) is 3. The first-order chi connectivity index (χ1) is 33.3. The van der Waals surface area contributed by atoms with E-state index in [-0.39, 0.29) is 66.1 Å². The van der Waals surface area contributed by atoms with Crippen LogP contribution in [-0.2, 0) is 25.7 Å². The van der Waals surface area contributed by atoms with Crippen molar-refractivity contribution < 1.29 is 38.2 Å². The first kappa shape index (κ1) is 44.7. The Morgan fingerprint density at radius 1 is 0.899 bits per heavy atom. The van der Waals surface area contributed by atoms with Gasteiger partial charge in [0.15, 0.2) is 18.2 Å². The van der Waals surface area contributed by atoms with Crippen molar-refractivity contribution >= 4 is 81.1 Å². The van der Waals surface area contributed by atoms with Crippen molar-refractivity contribution in [2.75, 3.05) is 94.3 Å². The Kier molecular flexibility index (Phi) is 11.4. The minimum absolute atomic E-state index is 0.0617. The maximum absolute atomic E-state index is 13.8. The predicted molar refractivity (Wildman–Crippen MR) is 252 cm³/mol. The second-order valence-electron chi connectivity index (χ2n) is 19.4. The Morgan fingerprint density at radius 2 is 1.67 bits per heavy atom. The lowest BCUT2D eigenvalue weighted by Gasteiger charge is -2.61. The number of rotatable bonds is 11. The summed E-state index contributed by atoms with van der Waals surface area (Å²) in [5, 5.41) is 9.03. The van der Waals surface area contributed by atoms with Crippen molar-refractivity contribution in [1.82, 2.24) is 39.9 Å². The number of fused-ring (bicyclic) bond motifs is 1. The summed E-state index contributed by atoms with van der Waals surface area (Å²) < 4.78 is 13.1. The minimum atomic E-state index is -0.983. The van der Waals surface area contributed by atoms with Gasteiger partial charge in [0.2, 0.25) is 23.7 Å². The SMILES string of the molecule is CNC(=O)COc1cc2cc(Nc3nc(N4CCC(C(=O)N5CCC(CN6CC7(C6)CN(c6ccc8c(c6)C(=O)N(C6CCC(=O)NC6=O)C8=O)C7)CC5)CC4)ncc3Cl)cc3c2n(c1=O)CCO3. The molecular weight excluding hydrogens is 910 g/mol. The van der Waals surface area contributed by atoms with Crippen LogP contribution >= 0.6 is 11.6 Å². The van der Waals surface area contributed by atoms with Gasteiger partial charge in [0.25, 0.3) is 23.3 Å². The van der Waals surface area contributed by atoms with Crippen LogP contribution in [0.15, 0.2) is 47.4 Å². The summed E-state index contributed by atoms with van der Waals surface area (Å²) in [7, 11) is 1.50. The Balaban J connectivity index is 0.636. The molecule has 1 atom stereocenters. The molecule has 7 aliphatic heterocycles. The zero-order valence-electron chi connectivity index (χ0n) is 38.1. The number of likely N-dealkylation sites (N-methyl/N-ethyl adjacent to an activating group) is 1. The molecular formula is C48H52ClN11O9. The molecule has 6 amide bonds. The molecule has 1 spiro atoms. The van der Waals surface area contributed by atoms with Crippen LogP contribution in [0.4, 0.5) is 23.1 Å². The van der Waals surface area contributed by atoms with Gasteiger partial charge in [-0.2, -0.15) is 4.98 Å². The van der Waals surface area contributed by atoms with E-state index >= 15 is 0 Å². The first-order valence-electron chi connectivity index (χ1n) is 23.7. The van der Waals surface area contributed by atoms with E-state index in [0.717, 1.165) is 69.2 Å². The van der Waals surface area contributed by atoms with Crippen LogP contribution in [0.5, 0.6) is 11.5 Å². The zero-order chi connectivity index (χ0) is 47.7. The number of carbonyl (C=O) groups is 6. The maximum atomic E-state index is 13.8. The lowest BCUT2D eigenvalue weighted by Crippen LogP contribution is -2.72. The van der Waals surface area contributed by atoms with E-state index < -0.39 is 29.7 Å². The molecule has 5 saturated heterocycles. The third-order valence-electron chi connectivity index (χ3n) is 14.8. The third kappa shape index (κ3) is 8.25. The van der Waals surface area contributed by atoms with Gasteiger partial charge in [-0.3, -0.25) is 48.3 Å². The third-order valence-corrected chi connectivity index (χ3v) is 15.1. The van der Waals surface area contributed by atoms with E-state index in [0.29, 0.717) is 83.1 Å². The van der Waals surface area contributed by atoms with Gasteiger partial charge in [0.05, 0.1) is 29.4 Å².